The van der Waals surface area contributed by atoms with Crippen LogP contribution in [0.1, 0.15) is 28.0 Å². The van der Waals surface area contributed by atoms with E-state index in [1.54, 1.807) is 24.2 Å². The van der Waals surface area contributed by atoms with Crippen molar-refractivity contribution in [1.82, 2.24) is 4.98 Å². The molecule has 26 heavy (non-hydrogen) atoms. The number of aliphatic hydroxyl groups excluding tert-OH is 1. The predicted octanol–water partition coefficient (Wildman–Crippen LogP) is 6.43. The fraction of sp³-hybridized carbons (Fsp3) is 0.150. The van der Waals surface area contributed by atoms with Crippen molar-refractivity contribution in [2.24, 2.45) is 0 Å². The predicted molar refractivity (Wildman–Crippen MR) is 112 cm³/mol. The molecule has 6 heteroatoms. The average Bonchev–Trinajstić information content (AvgIpc) is 3.28. The van der Waals surface area contributed by atoms with Crippen molar-refractivity contribution in [1.29, 1.82) is 0 Å². The molecule has 0 bridgehead atoms. The van der Waals surface area contributed by atoms with Gasteiger partial charge in [0.25, 0.3) is 0 Å². The lowest BCUT2D eigenvalue weighted by Gasteiger charge is -2.21. The molecule has 2 atom stereocenters. The highest BCUT2D eigenvalue weighted by atomic mass is 35.5. The fourth-order valence-electron chi connectivity index (χ4n) is 3.15. The van der Waals surface area contributed by atoms with E-state index in [0.29, 0.717) is 5.02 Å². The van der Waals surface area contributed by atoms with Crippen LogP contribution >= 0.6 is 46.3 Å². The van der Waals surface area contributed by atoms with Crippen molar-refractivity contribution < 1.29 is 5.11 Å². The zero-order valence-corrected chi connectivity index (χ0v) is 16.7. The number of aliphatic hydroxyl groups is 1. The molecular formula is C20H15Cl2NOS2. The van der Waals surface area contributed by atoms with Gasteiger partial charge in [-0.15, -0.1) is 23.1 Å². The Hall–Kier alpha value is -1.30. The monoisotopic (exact) mass is 419 g/mol. The first kappa shape index (κ1) is 18.1. The van der Waals surface area contributed by atoms with Crippen LogP contribution in [-0.4, -0.2) is 15.8 Å². The molecular weight excluding hydrogens is 405 g/mol. The van der Waals surface area contributed by atoms with Crippen molar-refractivity contribution >= 4 is 51.2 Å². The molecule has 2 unspecified atom stereocenters. The molecule has 3 heterocycles. The molecule has 2 aromatic heterocycles. The molecule has 132 valence electrons. The number of aromatic nitrogens is 1. The zero-order chi connectivity index (χ0) is 18.1. The van der Waals surface area contributed by atoms with Crippen LogP contribution in [0.2, 0.25) is 9.36 Å². The third-order valence-corrected chi connectivity index (χ3v) is 7.27. The third kappa shape index (κ3) is 3.57. The van der Waals surface area contributed by atoms with E-state index in [1.165, 1.54) is 11.3 Å². The molecule has 2 nitrogen and oxygen atoms in total. The second-order valence-electron chi connectivity index (χ2n) is 5.99. The number of rotatable bonds is 4. The quantitative estimate of drug-likeness (QED) is 0.528. The Morgan fingerprint density at radius 1 is 1.08 bits per heavy atom. The standard InChI is InChI=1S/C20H15Cl2NOS2/c21-14-5-3-12(4-6-14)15-11-25-20(16-7-8-17(22)26-16)18(15)19(24)13-2-1-9-23-10-13/h1-10,15,19,24H,11H2. The summed E-state index contributed by atoms with van der Waals surface area (Å²) in [7, 11) is 0. The van der Waals surface area contributed by atoms with Gasteiger partial charge in [-0.25, -0.2) is 0 Å². The molecule has 1 N–H and O–H groups in total. The second kappa shape index (κ2) is 7.75. The number of hydrogen-bond acceptors (Lipinski definition) is 4. The highest BCUT2D eigenvalue weighted by molar-refractivity contribution is 8.08. The molecule has 0 aliphatic carbocycles. The molecule has 1 aromatic carbocycles. The molecule has 3 aromatic rings. The van der Waals surface area contributed by atoms with Crippen LogP contribution < -0.4 is 0 Å². The number of nitrogens with zero attached hydrogens (tertiary/aromatic N) is 1. The second-order valence-corrected chi connectivity index (χ2v) is 9.17. The summed E-state index contributed by atoms with van der Waals surface area (Å²) in [6.07, 6.45) is 2.72. The summed E-state index contributed by atoms with van der Waals surface area (Å²) in [5.74, 6) is 0.988. The maximum atomic E-state index is 11.2. The van der Waals surface area contributed by atoms with Gasteiger partial charge in [0.1, 0.15) is 6.10 Å². The van der Waals surface area contributed by atoms with E-state index in [2.05, 4.69) is 4.98 Å². The molecule has 1 aliphatic rings. The first-order valence-electron chi connectivity index (χ1n) is 8.09. The first-order valence-corrected chi connectivity index (χ1v) is 10.7. The van der Waals surface area contributed by atoms with Crippen LogP contribution in [-0.2, 0) is 0 Å². The average molecular weight is 420 g/mol. The normalized spacial score (nSPS) is 18.3. The maximum Gasteiger partial charge on any atom is 0.104 e. The van der Waals surface area contributed by atoms with Crippen molar-refractivity contribution in [3.8, 4) is 0 Å². The van der Waals surface area contributed by atoms with Gasteiger partial charge in [-0.05, 0) is 41.5 Å². The lowest BCUT2D eigenvalue weighted by molar-refractivity contribution is 0.210. The number of thiophene rings is 1. The number of pyridine rings is 1. The summed E-state index contributed by atoms with van der Waals surface area (Å²) in [6, 6.07) is 15.5. The molecule has 0 spiro atoms. The molecule has 0 fully saturated rings. The van der Waals surface area contributed by atoms with E-state index < -0.39 is 6.10 Å². The third-order valence-electron chi connectivity index (χ3n) is 4.40. The Kier molecular flexibility index (Phi) is 5.39. The van der Waals surface area contributed by atoms with E-state index in [0.717, 1.165) is 36.6 Å². The summed E-state index contributed by atoms with van der Waals surface area (Å²) in [4.78, 5) is 6.36. The summed E-state index contributed by atoms with van der Waals surface area (Å²) in [5, 5.41) is 11.9. The number of halogens is 2. The minimum atomic E-state index is -0.713. The van der Waals surface area contributed by atoms with E-state index in [-0.39, 0.29) is 5.92 Å². The van der Waals surface area contributed by atoms with Crippen LogP contribution in [0.4, 0.5) is 0 Å². The van der Waals surface area contributed by atoms with E-state index in [4.69, 9.17) is 23.2 Å². The van der Waals surface area contributed by atoms with Gasteiger partial charge >= 0.3 is 0 Å². The molecule has 4 rings (SSSR count). The Balaban J connectivity index is 1.82. The van der Waals surface area contributed by atoms with Gasteiger partial charge in [0.15, 0.2) is 0 Å². The lowest BCUT2D eigenvalue weighted by atomic mass is 9.86. The topological polar surface area (TPSA) is 33.1 Å². The Bertz CT molecular complexity index is 938. The van der Waals surface area contributed by atoms with Gasteiger partial charge in [-0.1, -0.05) is 41.4 Å². The highest BCUT2D eigenvalue weighted by Gasteiger charge is 2.34. The van der Waals surface area contributed by atoms with E-state index in [9.17, 15) is 5.11 Å². The fourth-order valence-corrected chi connectivity index (χ4v) is 5.92. The molecule has 0 saturated carbocycles. The van der Waals surface area contributed by atoms with Gasteiger partial charge in [-0.3, -0.25) is 4.98 Å². The first-order chi connectivity index (χ1) is 12.6. The van der Waals surface area contributed by atoms with Crippen molar-refractivity contribution in [3.05, 3.63) is 91.9 Å². The summed E-state index contributed by atoms with van der Waals surface area (Å²) in [5.41, 5.74) is 2.95. The number of thioether (sulfide) groups is 1. The SMILES string of the molecule is OC(C1=C(c2ccc(Cl)s2)SCC1c1ccc(Cl)cc1)c1cccnc1. The zero-order valence-electron chi connectivity index (χ0n) is 13.6. The Morgan fingerprint density at radius 2 is 1.88 bits per heavy atom. The van der Waals surface area contributed by atoms with Crippen molar-refractivity contribution in [3.63, 3.8) is 0 Å². The minimum absolute atomic E-state index is 0.114. The summed E-state index contributed by atoms with van der Waals surface area (Å²) in [6.45, 7) is 0. The largest absolute Gasteiger partial charge is 0.384 e. The summed E-state index contributed by atoms with van der Waals surface area (Å²) < 4.78 is 0.748. The number of benzene rings is 1. The van der Waals surface area contributed by atoms with E-state index in [1.807, 2.05) is 48.5 Å². The maximum absolute atomic E-state index is 11.2. The van der Waals surface area contributed by atoms with Crippen molar-refractivity contribution in [2.45, 2.75) is 12.0 Å². The van der Waals surface area contributed by atoms with Crippen molar-refractivity contribution in [2.75, 3.05) is 5.75 Å². The smallest absolute Gasteiger partial charge is 0.104 e. The van der Waals surface area contributed by atoms with Crippen LogP contribution in [0.5, 0.6) is 0 Å². The van der Waals surface area contributed by atoms with Gasteiger partial charge in [0.2, 0.25) is 0 Å². The Morgan fingerprint density at radius 3 is 2.54 bits per heavy atom. The van der Waals surface area contributed by atoms with Crippen LogP contribution in [0, 0.1) is 0 Å². The number of hydrogen-bond donors (Lipinski definition) is 1. The van der Waals surface area contributed by atoms with Gasteiger partial charge < -0.3 is 5.11 Å². The molecule has 0 radical (unpaired) electrons. The highest BCUT2D eigenvalue weighted by Crippen LogP contribution is 2.52. The minimum Gasteiger partial charge on any atom is -0.384 e. The Labute approximate surface area is 170 Å². The molecule has 1 aliphatic heterocycles. The van der Waals surface area contributed by atoms with Crippen LogP contribution in [0.25, 0.3) is 4.91 Å². The van der Waals surface area contributed by atoms with Gasteiger partial charge in [0, 0.05) is 44.4 Å². The summed E-state index contributed by atoms with van der Waals surface area (Å²) >= 11 is 15.5. The lowest BCUT2D eigenvalue weighted by Crippen LogP contribution is -2.10. The van der Waals surface area contributed by atoms with Gasteiger partial charge in [-0.2, -0.15) is 0 Å². The molecule has 0 amide bonds. The van der Waals surface area contributed by atoms with Crippen LogP contribution in [0.15, 0.2) is 66.5 Å². The van der Waals surface area contributed by atoms with Crippen LogP contribution in [0.3, 0.4) is 0 Å². The van der Waals surface area contributed by atoms with Gasteiger partial charge in [0.05, 0.1) is 4.34 Å². The van der Waals surface area contributed by atoms with E-state index >= 15 is 0 Å². The molecule has 0 saturated heterocycles.